The van der Waals surface area contributed by atoms with E-state index in [-0.39, 0.29) is 11.6 Å². The van der Waals surface area contributed by atoms with E-state index in [9.17, 15) is 4.79 Å². The molecule has 1 unspecified atom stereocenters. The predicted octanol–water partition coefficient (Wildman–Crippen LogP) is 0.845. The summed E-state index contributed by atoms with van der Waals surface area (Å²) in [4.78, 5) is 17.6. The maximum absolute atomic E-state index is 10.9. The molecule has 1 aromatic rings. The zero-order valence-electron chi connectivity index (χ0n) is 8.36. The van der Waals surface area contributed by atoms with Gasteiger partial charge in [-0.2, -0.15) is 0 Å². The molecule has 0 radical (unpaired) electrons. The van der Waals surface area contributed by atoms with Crippen LogP contribution < -0.4 is 11.3 Å². The highest BCUT2D eigenvalue weighted by Crippen LogP contribution is 2.13. The zero-order valence-corrected chi connectivity index (χ0v) is 9.17. The second-order valence-electron chi connectivity index (χ2n) is 3.46. The van der Waals surface area contributed by atoms with Crippen LogP contribution >= 0.6 is 11.8 Å². The molecule has 0 aromatic carbocycles. The van der Waals surface area contributed by atoms with Crippen molar-refractivity contribution >= 4 is 11.8 Å². The lowest BCUT2D eigenvalue weighted by molar-refractivity contribution is 0.535. The molecule has 0 fully saturated rings. The molecule has 3 N–H and O–H groups in total. The molecule has 0 amide bonds. The summed E-state index contributed by atoms with van der Waals surface area (Å²) in [6, 6.07) is 1.53. The second kappa shape index (κ2) is 5.17. The molecule has 4 nitrogen and oxygen atoms in total. The second-order valence-corrected chi connectivity index (χ2v) is 4.47. The lowest BCUT2D eigenvalue weighted by Gasteiger charge is -2.13. The molecule has 1 atom stereocenters. The summed E-state index contributed by atoms with van der Waals surface area (Å²) < 4.78 is 0. The van der Waals surface area contributed by atoms with Crippen LogP contribution in [0.25, 0.3) is 0 Å². The summed E-state index contributed by atoms with van der Waals surface area (Å²) in [5.41, 5.74) is 5.74. The Bertz CT molecular complexity index is 337. The van der Waals surface area contributed by atoms with Gasteiger partial charge in [0.15, 0.2) is 5.16 Å². The number of hydrogen-bond donors (Lipinski definition) is 2. The molecule has 0 bridgehead atoms. The van der Waals surface area contributed by atoms with Crippen LogP contribution in [0.2, 0.25) is 0 Å². The highest BCUT2D eigenvalue weighted by atomic mass is 32.2. The van der Waals surface area contributed by atoms with Crippen molar-refractivity contribution in [2.24, 2.45) is 11.7 Å². The van der Waals surface area contributed by atoms with Gasteiger partial charge in [-0.05, 0) is 5.92 Å². The van der Waals surface area contributed by atoms with Crippen molar-refractivity contribution in [3.8, 4) is 0 Å². The Morgan fingerprint density at radius 2 is 2.36 bits per heavy atom. The number of hydrogen-bond acceptors (Lipinski definition) is 4. The number of nitrogens with zero attached hydrogens (tertiary/aromatic N) is 1. The maximum atomic E-state index is 10.9. The van der Waals surface area contributed by atoms with Gasteiger partial charge in [-0.15, -0.1) is 0 Å². The summed E-state index contributed by atoms with van der Waals surface area (Å²) in [5, 5.41) is 0.633. The SMILES string of the molecule is CC(C)C(N)CSc1nccc(=O)[nH]1. The van der Waals surface area contributed by atoms with Crippen molar-refractivity contribution in [3.63, 3.8) is 0 Å². The van der Waals surface area contributed by atoms with Crippen LogP contribution in [0.1, 0.15) is 13.8 Å². The number of aromatic nitrogens is 2. The van der Waals surface area contributed by atoms with E-state index in [0.717, 1.165) is 5.75 Å². The van der Waals surface area contributed by atoms with Gasteiger partial charge in [0.05, 0.1) is 0 Å². The van der Waals surface area contributed by atoms with Crippen molar-refractivity contribution in [1.29, 1.82) is 0 Å². The first kappa shape index (κ1) is 11.3. The van der Waals surface area contributed by atoms with Crippen LogP contribution in [0.4, 0.5) is 0 Å². The lowest BCUT2D eigenvalue weighted by atomic mass is 10.1. The average molecular weight is 213 g/mol. The standard InChI is InChI=1S/C9H15N3OS/c1-6(2)7(10)5-14-9-11-4-3-8(13)12-9/h3-4,6-7H,5,10H2,1-2H3,(H,11,12,13). The third-order valence-corrected chi connectivity index (χ3v) is 2.95. The van der Waals surface area contributed by atoms with Gasteiger partial charge in [-0.3, -0.25) is 4.79 Å². The Morgan fingerprint density at radius 3 is 2.93 bits per heavy atom. The topological polar surface area (TPSA) is 71.8 Å². The number of thioether (sulfide) groups is 1. The maximum Gasteiger partial charge on any atom is 0.251 e. The monoisotopic (exact) mass is 213 g/mol. The minimum atomic E-state index is -0.124. The van der Waals surface area contributed by atoms with Gasteiger partial charge in [-0.1, -0.05) is 25.6 Å². The third-order valence-electron chi connectivity index (χ3n) is 1.92. The van der Waals surface area contributed by atoms with E-state index in [4.69, 9.17) is 5.73 Å². The molecule has 0 aliphatic rings. The van der Waals surface area contributed by atoms with Gasteiger partial charge in [0.1, 0.15) is 0 Å². The number of aromatic amines is 1. The number of nitrogens with one attached hydrogen (secondary N) is 1. The molecule has 1 heterocycles. The fourth-order valence-electron chi connectivity index (χ4n) is 0.793. The molecule has 0 aliphatic heterocycles. The quantitative estimate of drug-likeness (QED) is 0.574. The number of nitrogens with two attached hydrogens (primary N) is 1. The smallest absolute Gasteiger partial charge is 0.251 e. The van der Waals surface area contributed by atoms with Crippen LogP contribution in [-0.2, 0) is 0 Å². The largest absolute Gasteiger partial charge is 0.327 e. The fourth-order valence-corrected chi connectivity index (χ4v) is 1.84. The molecule has 0 saturated heterocycles. The van der Waals surface area contributed by atoms with Crippen molar-refractivity contribution in [2.45, 2.75) is 25.0 Å². The highest BCUT2D eigenvalue weighted by Gasteiger charge is 2.08. The van der Waals surface area contributed by atoms with Crippen molar-refractivity contribution in [1.82, 2.24) is 9.97 Å². The van der Waals surface area contributed by atoms with Crippen molar-refractivity contribution in [3.05, 3.63) is 22.6 Å². The molecule has 0 saturated carbocycles. The third kappa shape index (κ3) is 3.51. The van der Waals surface area contributed by atoms with Crippen LogP contribution in [0.5, 0.6) is 0 Å². The van der Waals surface area contributed by atoms with Crippen molar-refractivity contribution in [2.75, 3.05) is 5.75 Å². The van der Waals surface area contributed by atoms with E-state index in [0.29, 0.717) is 11.1 Å². The van der Waals surface area contributed by atoms with Gasteiger partial charge in [0, 0.05) is 24.1 Å². The first-order valence-corrected chi connectivity index (χ1v) is 5.52. The van der Waals surface area contributed by atoms with E-state index in [1.807, 2.05) is 0 Å². The molecule has 78 valence electrons. The molecular weight excluding hydrogens is 198 g/mol. The fraction of sp³-hybridized carbons (Fsp3) is 0.556. The minimum absolute atomic E-state index is 0.124. The van der Waals surface area contributed by atoms with Crippen LogP contribution in [0, 0.1) is 5.92 Å². The molecular formula is C9H15N3OS. The lowest BCUT2D eigenvalue weighted by Crippen LogP contribution is -2.29. The first-order chi connectivity index (χ1) is 6.59. The number of rotatable bonds is 4. The summed E-state index contributed by atoms with van der Waals surface area (Å²) in [6.07, 6.45) is 1.50. The van der Waals surface area contributed by atoms with E-state index in [1.54, 1.807) is 0 Å². The van der Waals surface area contributed by atoms with E-state index < -0.39 is 0 Å². The molecule has 0 aliphatic carbocycles. The Morgan fingerprint density at radius 1 is 1.64 bits per heavy atom. The normalized spacial score (nSPS) is 13.1. The predicted molar refractivity (Wildman–Crippen MR) is 58.4 cm³/mol. The first-order valence-electron chi connectivity index (χ1n) is 4.53. The summed E-state index contributed by atoms with van der Waals surface area (Å²) in [7, 11) is 0. The Kier molecular flexibility index (Phi) is 4.16. The summed E-state index contributed by atoms with van der Waals surface area (Å²) in [5.74, 6) is 1.21. The minimum Gasteiger partial charge on any atom is -0.327 e. The Labute approximate surface area is 87.3 Å². The van der Waals surface area contributed by atoms with Gasteiger partial charge < -0.3 is 10.7 Å². The highest BCUT2D eigenvalue weighted by molar-refractivity contribution is 7.99. The molecule has 5 heteroatoms. The molecule has 14 heavy (non-hydrogen) atoms. The van der Waals surface area contributed by atoms with E-state index >= 15 is 0 Å². The summed E-state index contributed by atoms with van der Waals surface area (Å²) in [6.45, 7) is 4.15. The van der Waals surface area contributed by atoms with E-state index in [2.05, 4.69) is 23.8 Å². The van der Waals surface area contributed by atoms with E-state index in [1.165, 1.54) is 24.0 Å². The Balaban J connectivity index is 2.50. The number of H-pyrrole nitrogens is 1. The average Bonchev–Trinajstić information content (AvgIpc) is 2.14. The van der Waals surface area contributed by atoms with Gasteiger partial charge in [0.25, 0.3) is 5.56 Å². The zero-order chi connectivity index (χ0) is 10.6. The van der Waals surface area contributed by atoms with Crippen LogP contribution in [0.15, 0.2) is 22.2 Å². The van der Waals surface area contributed by atoms with Gasteiger partial charge >= 0.3 is 0 Å². The van der Waals surface area contributed by atoms with Gasteiger partial charge in [0.2, 0.25) is 0 Å². The van der Waals surface area contributed by atoms with Crippen molar-refractivity contribution < 1.29 is 0 Å². The van der Waals surface area contributed by atoms with Gasteiger partial charge in [-0.25, -0.2) is 4.98 Å². The van der Waals surface area contributed by atoms with Crippen LogP contribution in [0.3, 0.4) is 0 Å². The molecule has 1 rings (SSSR count). The molecule has 1 aromatic heterocycles. The molecule has 0 spiro atoms. The Hall–Kier alpha value is -0.810. The summed E-state index contributed by atoms with van der Waals surface area (Å²) >= 11 is 1.48. The van der Waals surface area contributed by atoms with Crippen LogP contribution in [-0.4, -0.2) is 21.8 Å².